The van der Waals surface area contributed by atoms with Crippen LogP contribution in [0.4, 0.5) is 34.1 Å². The summed E-state index contributed by atoms with van der Waals surface area (Å²) in [4.78, 5) is 4.76. The molecular formula is C99H70N4. The van der Waals surface area contributed by atoms with Gasteiger partial charge in [-0.1, -0.05) is 275 Å². The third-order valence-corrected chi connectivity index (χ3v) is 21.4. The number of anilines is 6. The van der Waals surface area contributed by atoms with Crippen LogP contribution in [0.3, 0.4) is 0 Å². The lowest BCUT2D eigenvalue weighted by Crippen LogP contribution is -2.16. The van der Waals surface area contributed by atoms with Crippen molar-refractivity contribution in [2.45, 2.75) is 19.3 Å². The number of nitrogens with zero attached hydrogens (tertiary/aromatic N) is 4. The van der Waals surface area contributed by atoms with Crippen molar-refractivity contribution in [2.24, 2.45) is 0 Å². The first-order chi connectivity index (χ1) is 50.8. The zero-order valence-electron chi connectivity index (χ0n) is 57.2. The molecule has 486 valence electrons. The van der Waals surface area contributed by atoms with Crippen molar-refractivity contribution in [3.8, 4) is 89.3 Å². The van der Waals surface area contributed by atoms with Gasteiger partial charge in [0.15, 0.2) is 0 Å². The summed E-state index contributed by atoms with van der Waals surface area (Å²) >= 11 is 0. The van der Waals surface area contributed by atoms with Gasteiger partial charge in [-0.2, -0.15) is 0 Å². The highest BCUT2D eigenvalue weighted by Gasteiger charge is 2.36. The molecule has 18 aromatic rings. The Hall–Kier alpha value is -13.3. The second-order valence-electron chi connectivity index (χ2n) is 27.6. The Labute approximate surface area is 600 Å². The summed E-state index contributed by atoms with van der Waals surface area (Å²) in [5.41, 5.74) is 33.0. The molecule has 0 radical (unpaired) electrons. The van der Waals surface area contributed by atoms with Gasteiger partial charge in [0.1, 0.15) is 0 Å². The van der Waals surface area contributed by atoms with Crippen molar-refractivity contribution >= 4 is 77.7 Å². The van der Waals surface area contributed by atoms with Crippen LogP contribution < -0.4 is 9.80 Å². The Balaban J connectivity index is 0.611. The average Bonchev–Trinajstić information content (AvgIpc) is 1.59. The summed E-state index contributed by atoms with van der Waals surface area (Å²) in [6.45, 7) is 4.72. The first-order valence-electron chi connectivity index (χ1n) is 35.6. The summed E-state index contributed by atoms with van der Waals surface area (Å²) in [7, 11) is 0. The Bertz CT molecular complexity index is 6090. The maximum absolute atomic E-state index is 2.43. The maximum atomic E-state index is 2.43. The minimum absolute atomic E-state index is 0.127. The molecule has 1 aliphatic rings. The first-order valence-corrected chi connectivity index (χ1v) is 35.6. The second-order valence-corrected chi connectivity index (χ2v) is 27.6. The van der Waals surface area contributed by atoms with Gasteiger partial charge in [-0.05, 0) is 216 Å². The van der Waals surface area contributed by atoms with Crippen molar-refractivity contribution in [3.05, 3.63) is 399 Å². The standard InChI is InChI=1S/C99H70N4/c1-99(2)92-29-15-12-25-87(92)88-63-62-85(66-93(88)99)101(81-54-37-72(38-55-81)69-23-10-5-11-24-69)82-56-43-75(44-57-82)77-47-64-96-91(65-77)89-26-13-16-30-94(89)102(96)83-60-45-76(46-61-83)86-28-18-32-97-98(86)90-27-14-17-31-95(90)103(97)84-58-41-74(42-59-84)73-39-52-80(53-40-73)100(78-48-33-70(34-49-78)67-19-6-3-7-20-67)79-50-35-71(36-51-79)68-21-8-4-9-22-68/h3-66H,1-2H3. The van der Waals surface area contributed by atoms with Gasteiger partial charge >= 0.3 is 0 Å². The van der Waals surface area contributed by atoms with Crippen LogP contribution in [0.2, 0.25) is 0 Å². The van der Waals surface area contributed by atoms with Crippen molar-refractivity contribution in [1.29, 1.82) is 0 Å². The molecule has 19 rings (SSSR count). The Morgan fingerprint density at radius 3 is 1.04 bits per heavy atom. The number of hydrogen-bond donors (Lipinski definition) is 0. The Kier molecular flexibility index (Phi) is 14.9. The zero-order valence-corrected chi connectivity index (χ0v) is 57.2. The topological polar surface area (TPSA) is 16.3 Å². The van der Waals surface area contributed by atoms with Crippen LogP contribution in [0.1, 0.15) is 25.0 Å². The van der Waals surface area contributed by atoms with Crippen molar-refractivity contribution in [3.63, 3.8) is 0 Å². The Morgan fingerprint density at radius 2 is 0.534 bits per heavy atom. The second kappa shape index (κ2) is 25.2. The molecule has 0 aliphatic heterocycles. The highest BCUT2D eigenvalue weighted by atomic mass is 15.1. The van der Waals surface area contributed by atoms with Gasteiger partial charge in [-0.3, -0.25) is 0 Å². The van der Waals surface area contributed by atoms with Gasteiger partial charge in [0, 0.05) is 72.5 Å². The molecule has 103 heavy (non-hydrogen) atoms. The fraction of sp³-hybridized carbons (Fsp3) is 0.0303. The van der Waals surface area contributed by atoms with E-state index in [4.69, 9.17) is 0 Å². The lowest BCUT2D eigenvalue weighted by Gasteiger charge is -2.28. The van der Waals surface area contributed by atoms with Gasteiger partial charge < -0.3 is 18.9 Å². The lowest BCUT2D eigenvalue weighted by atomic mass is 9.82. The summed E-state index contributed by atoms with van der Waals surface area (Å²) in [6, 6.07) is 142. The van der Waals surface area contributed by atoms with E-state index in [1.54, 1.807) is 0 Å². The van der Waals surface area contributed by atoms with Crippen LogP contribution in [-0.2, 0) is 5.41 Å². The molecule has 4 heteroatoms. The van der Waals surface area contributed by atoms with Crippen LogP contribution >= 0.6 is 0 Å². The molecule has 2 aromatic heterocycles. The molecule has 2 heterocycles. The highest BCUT2D eigenvalue weighted by molar-refractivity contribution is 6.16. The lowest BCUT2D eigenvalue weighted by molar-refractivity contribution is 0.660. The molecule has 0 atom stereocenters. The third kappa shape index (κ3) is 10.7. The number of hydrogen-bond acceptors (Lipinski definition) is 2. The third-order valence-electron chi connectivity index (χ3n) is 21.4. The van der Waals surface area contributed by atoms with Gasteiger partial charge in [0.2, 0.25) is 0 Å². The van der Waals surface area contributed by atoms with E-state index in [2.05, 4.69) is 421 Å². The van der Waals surface area contributed by atoms with E-state index in [0.717, 1.165) is 62.2 Å². The average molecular weight is 1320 g/mol. The molecule has 16 aromatic carbocycles. The first kappa shape index (κ1) is 60.9. The van der Waals surface area contributed by atoms with Crippen LogP contribution in [0.25, 0.3) is 133 Å². The van der Waals surface area contributed by atoms with Crippen LogP contribution in [0.15, 0.2) is 388 Å². The van der Waals surface area contributed by atoms with Crippen molar-refractivity contribution in [2.75, 3.05) is 9.80 Å². The van der Waals surface area contributed by atoms with E-state index in [-0.39, 0.29) is 5.41 Å². The normalized spacial score (nSPS) is 12.3. The summed E-state index contributed by atoms with van der Waals surface area (Å²) in [5, 5.41) is 4.90. The quantitative estimate of drug-likeness (QED) is 0.108. The molecule has 0 spiro atoms. The van der Waals surface area contributed by atoms with E-state index in [1.807, 2.05) is 0 Å². The van der Waals surface area contributed by atoms with E-state index in [9.17, 15) is 0 Å². The SMILES string of the molecule is CC1(C)c2ccccc2-c2ccc(N(c3ccc(-c4ccccc4)cc3)c3ccc(-c4ccc5c(c4)c4ccccc4n5-c4ccc(-c5cccc6c5c5ccccc5n6-c5ccc(-c6ccc(N(c7ccc(-c8ccccc8)cc7)c7ccc(-c8ccccc8)cc7)cc6)cc5)cc4)cc3)cc21. The van der Waals surface area contributed by atoms with Gasteiger partial charge in [-0.15, -0.1) is 0 Å². The predicted octanol–water partition coefficient (Wildman–Crippen LogP) is 27.1. The largest absolute Gasteiger partial charge is 0.311 e. The maximum Gasteiger partial charge on any atom is 0.0547 e. The van der Waals surface area contributed by atoms with E-state index in [1.165, 1.54) is 116 Å². The fourth-order valence-electron chi connectivity index (χ4n) is 16.2. The van der Waals surface area contributed by atoms with E-state index < -0.39 is 0 Å². The van der Waals surface area contributed by atoms with Gasteiger partial charge in [-0.25, -0.2) is 0 Å². The minimum atomic E-state index is -0.127. The monoisotopic (exact) mass is 1310 g/mol. The van der Waals surface area contributed by atoms with Gasteiger partial charge in [0.25, 0.3) is 0 Å². The molecule has 0 bridgehead atoms. The fourth-order valence-corrected chi connectivity index (χ4v) is 16.2. The number of para-hydroxylation sites is 2. The number of rotatable bonds is 14. The van der Waals surface area contributed by atoms with Crippen molar-refractivity contribution < 1.29 is 0 Å². The van der Waals surface area contributed by atoms with Crippen molar-refractivity contribution in [1.82, 2.24) is 9.13 Å². The number of benzene rings is 16. The molecule has 4 nitrogen and oxygen atoms in total. The molecule has 0 amide bonds. The molecule has 0 fully saturated rings. The Morgan fingerprint density at radius 1 is 0.204 bits per heavy atom. The van der Waals surface area contributed by atoms with E-state index in [0.29, 0.717) is 0 Å². The molecular weight excluding hydrogens is 1250 g/mol. The molecule has 0 N–H and O–H groups in total. The minimum Gasteiger partial charge on any atom is -0.311 e. The number of fused-ring (bicyclic) bond motifs is 9. The van der Waals surface area contributed by atoms with Crippen LogP contribution in [0, 0.1) is 0 Å². The number of aromatic nitrogens is 2. The molecule has 0 saturated heterocycles. The summed E-state index contributed by atoms with van der Waals surface area (Å²) in [5.74, 6) is 0. The van der Waals surface area contributed by atoms with Crippen LogP contribution in [0.5, 0.6) is 0 Å². The molecule has 0 unspecified atom stereocenters. The van der Waals surface area contributed by atoms with Crippen LogP contribution in [-0.4, -0.2) is 9.13 Å². The molecule has 1 aliphatic carbocycles. The van der Waals surface area contributed by atoms with E-state index >= 15 is 0 Å². The highest BCUT2D eigenvalue weighted by Crippen LogP contribution is 2.51. The molecule has 0 saturated carbocycles. The summed E-state index contributed by atoms with van der Waals surface area (Å²) in [6.07, 6.45) is 0. The summed E-state index contributed by atoms with van der Waals surface area (Å²) < 4.78 is 4.85. The van der Waals surface area contributed by atoms with Gasteiger partial charge in [0.05, 0.1) is 22.1 Å². The smallest absolute Gasteiger partial charge is 0.0547 e. The zero-order chi connectivity index (χ0) is 68.5. The predicted molar refractivity (Wildman–Crippen MR) is 435 cm³/mol.